The second-order valence-electron chi connectivity index (χ2n) is 7.01. The van der Waals surface area contributed by atoms with Crippen LogP contribution in [0, 0.1) is 0 Å². The molecule has 0 aliphatic heterocycles. The highest BCUT2D eigenvalue weighted by Gasteiger charge is 2.38. The van der Waals surface area contributed by atoms with Crippen LogP contribution in [0.4, 0.5) is 8.78 Å². The molecule has 0 N–H and O–H groups in total. The summed E-state index contributed by atoms with van der Waals surface area (Å²) in [4.78, 5) is 8.47. The first-order chi connectivity index (χ1) is 8.39. The number of hydrogen-bond acceptors (Lipinski definition) is 2. The van der Waals surface area contributed by atoms with Gasteiger partial charge in [-0.3, -0.25) is 0 Å². The molecular formula is C15H24F2N2. The van der Waals surface area contributed by atoms with Gasteiger partial charge >= 0.3 is 0 Å². The quantitative estimate of drug-likeness (QED) is 0.786. The predicted octanol–water partition coefficient (Wildman–Crippen LogP) is 4.57. The molecule has 0 spiro atoms. The molecule has 0 saturated carbocycles. The second kappa shape index (κ2) is 4.80. The van der Waals surface area contributed by atoms with E-state index in [1.807, 2.05) is 41.5 Å². The minimum atomic E-state index is -2.91. The van der Waals surface area contributed by atoms with E-state index in [0.29, 0.717) is 11.4 Å². The van der Waals surface area contributed by atoms with Gasteiger partial charge in [-0.05, 0) is 5.41 Å². The Morgan fingerprint density at radius 1 is 1.00 bits per heavy atom. The lowest BCUT2D eigenvalue weighted by molar-refractivity contribution is -0.0151. The third kappa shape index (κ3) is 3.48. The SMILES string of the molecule is CCC(F)(F)c1nc(C(C)(C)C)ncc1C(C)(C)C. The van der Waals surface area contributed by atoms with Crippen LogP contribution in [0.3, 0.4) is 0 Å². The summed E-state index contributed by atoms with van der Waals surface area (Å²) in [7, 11) is 0. The molecule has 0 aromatic carbocycles. The molecule has 0 bridgehead atoms. The molecule has 1 heterocycles. The molecule has 0 aliphatic rings. The highest BCUT2D eigenvalue weighted by Crippen LogP contribution is 2.37. The largest absolute Gasteiger partial charge is 0.289 e. The molecule has 0 aliphatic carbocycles. The molecule has 1 aromatic rings. The summed E-state index contributed by atoms with van der Waals surface area (Å²) in [5.74, 6) is -2.45. The van der Waals surface area contributed by atoms with Crippen LogP contribution in [0.25, 0.3) is 0 Å². The molecule has 1 rings (SSSR count). The van der Waals surface area contributed by atoms with Gasteiger partial charge in [0.05, 0.1) is 0 Å². The van der Waals surface area contributed by atoms with E-state index in [2.05, 4.69) is 9.97 Å². The minimum Gasteiger partial charge on any atom is -0.240 e. The summed E-state index contributed by atoms with van der Waals surface area (Å²) < 4.78 is 28.3. The summed E-state index contributed by atoms with van der Waals surface area (Å²) in [5, 5.41) is 0. The van der Waals surface area contributed by atoms with Gasteiger partial charge in [-0.15, -0.1) is 0 Å². The molecular weight excluding hydrogens is 246 g/mol. The second-order valence-corrected chi connectivity index (χ2v) is 7.01. The van der Waals surface area contributed by atoms with E-state index in [1.165, 1.54) is 6.92 Å². The summed E-state index contributed by atoms with van der Waals surface area (Å²) in [6.07, 6.45) is 1.31. The molecule has 0 unspecified atom stereocenters. The van der Waals surface area contributed by atoms with Crippen molar-refractivity contribution < 1.29 is 8.78 Å². The monoisotopic (exact) mass is 270 g/mol. The van der Waals surface area contributed by atoms with Crippen LogP contribution in [0.15, 0.2) is 6.20 Å². The van der Waals surface area contributed by atoms with E-state index in [1.54, 1.807) is 6.20 Å². The van der Waals surface area contributed by atoms with Gasteiger partial charge in [0, 0.05) is 23.6 Å². The van der Waals surface area contributed by atoms with Gasteiger partial charge in [-0.25, -0.2) is 9.97 Å². The first-order valence-corrected chi connectivity index (χ1v) is 6.66. The van der Waals surface area contributed by atoms with Gasteiger partial charge in [0.2, 0.25) is 0 Å². The van der Waals surface area contributed by atoms with E-state index < -0.39 is 11.3 Å². The summed E-state index contributed by atoms with van der Waals surface area (Å²) >= 11 is 0. The normalized spacial score (nSPS) is 13.7. The zero-order valence-corrected chi connectivity index (χ0v) is 12.9. The Bertz CT molecular complexity index is 454. The van der Waals surface area contributed by atoms with Gasteiger partial charge in [-0.2, -0.15) is 8.78 Å². The van der Waals surface area contributed by atoms with E-state index in [9.17, 15) is 8.78 Å². The van der Waals surface area contributed by atoms with Crippen LogP contribution < -0.4 is 0 Å². The first kappa shape index (κ1) is 16.0. The van der Waals surface area contributed by atoms with Crippen LogP contribution in [-0.4, -0.2) is 9.97 Å². The highest BCUT2D eigenvalue weighted by atomic mass is 19.3. The number of rotatable bonds is 2. The van der Waals surface area contributed by atoms with Crippen LogP contribution in [0.2, 0.25) is 0 Å². The van der Waals surface area contributed by atoms with Crippen molar-refractivity contribution in [3.05, 3.63) is 23.3 Å². The average molecular weight is 270 g/mol. The standard InChI is InChI=1S/C15H24F2N2/c1-8-15(16,17)11-10(13(2,3)4)9-18-12(19-11)14(5,6)7/h9H,8H2,1-7H3. The molecule has 1 aromatic heterocycles. The maximum atomic E-state index is 14.2. The third-order valence-electron chi connectivity index (χ3n) is 3.06. The molecule has 0 saturated heterocycles. The Kier molecular flexibility index (Phi) is 4.04. The van der Waals surface area contributed by atoms with Crippen molar-refractivity contribution in [1.82, 2.24) is 9.97 Å². The van der Waals surface area contributed by atoms with Crippen molar-refractivity contribution in [2.75, 3.05) is 0 Å². The van der Waals surface area contributed by atoms with Crippen molar-refractivity contribution in [2.24, 2.45) is 0 Å². The molecule has 19 heavy (non-hydrogen) atoms. The first-order valence-electron chi connectivity index (χ1n) is 6.66. The minimum absolute atomic E-state index is 0.123. The lowest BCUT2D eigenvalue weighted by atomic mass is 9.84. The summed E-state index contributed by atoms with van der Waals surface area (Å²) in [6.45, 7) is 12.9. The Labute approximate surface area is 114 Å². The van der Waals surface area contributed by atoms with E-state index >= 15 is 0 Å². The van der Waals surface area contributed by atoms with Gasteiger partial charge in [0.25, 0.3) is 5.92 Å². The van der Waals surface area contributed by atoms with Crippen molar-refractivity contribution in [1.29, 1.82) is 0 Å². The van der Waals surface area contributed by atoms with Crippen molar-refractivity contribution in [3.63, 3.8) is 0 Å². The van der Waals surface area contributed by atoms with Gasteiger partial charge < -0.3 is 0 Å². The Morgan fingerprint density at radius 2 is 1.53 bits per heavy atom. The fourth-order valence-corrected chi connectivity index (χ4v) is 1.74. The molecule has 108 valence electrons. The van der Waals surface area contributed by atoms with Crippen molar-refractivity contribution >= 4 is 0 Å². The Balaban J connectivity index is 3.53. The predicted molar refractivity (Wildman–Crippen MR) is 73.6 cm³/mol. The van der Waals surface area contributed by atoms with E-state index in [-0.39, 0.29) is 17.5 Å². The maximum Gasteiger partial charge on any atom is 0.289 e. The van der Waals surface area contributed by atoms with Crippen LogP contribution in [0.5, 0.6) is 0 Å². The van der Waals surface area contributed by atoms with Crippen LogP contribution in [-0.2, 0) is 16.8 Å². The smallest absolute Gasteiger partial charge is 0.240 e. The third-order valence-corrected chi connectivity index (χ3v) is 3.06. The molecule has 4 heteroatoms. The van der Waals surface area contributed by atoms with Crippen molar-refractivity contribution in [3.8, 4) is 0 Å². The van der Waals surface area contributed by atoms with Gasteiger partial charge in [-0.1, -0.05) is 48.5 Å². The van der Waals surface area contributed by atoms with Crippen LogP contribution >= 0.6 is 0 Å². The molecule has 0 amide bonds. The lowest BCUT2D eigenvalue weighted by Gasteiger charge is -2.27. The zero-order valence-electron chi connectivity index (χ0n) is 12.9. The summed E-state index contributed by atoms with van der Waals surface area (Å²) in [6, 6.07) is 0. The number of alkyl halides is 2. The number of aromatic nitrogens is 2. The summed E-state index contributed by atoms with van der Waals surface area (Å²) in [5.41, 5.74) is -0.339. The van der Waals surface area contributed by atoms with Crippen molar-refractivity contribution in [2.45, 2.75) is 71.6 Å². The Morgan fingerprint density at radius 3 is 1.89 bits per heavy atom. The van der Waals surface area contributed by atoms with Gasteiger partial charge in [0.15, 0.2) is 0 Å². The molecule has 0 fully saturated rings. The zero-order chi connectivity index (χ0) is 15.1. The fourth-order valence-electron chi connectivity index (χ4n) is 1.74. The molecule has 2 nitrogen and oxygen atoms in total. The molecule has 0 radical (unpaired) electrons. The highest BCUT2D eigenvalue weighted by molar-refractivity contribution is 5.29. The van der Waals surface area contributed by atoms with E-state index in [0.717, 1.165) is 0 Å². The number of halogens is 2. The maximum absolute atomic E-state index is 14.2. The van der Waals surface area contributed by atoms with Gasteiger partial charge in [0.1, 0.15) is 11.5 Å². The van der Waals surface area contributed by atoms with E-state index in [4.69, 9.17) is 0 Å². The number of nitrogens with zero attached hydrogens (tertiary/aromatic N) is 2. The average Bonchev–Trinajstić information content (AvgIpc) is 2.26. The lowest BCUT2D eigenvalue weighted by Crippen LogP contribution is -2.27. The molecule has 0 atom stereocenters. The van der Waals surface area contributed by atoms with Crippen LogP contribution in [0.1, 0.15) is 72.0 Å². The topological polar surface area (TPSA) is 25.8 Å². The Hall–Kier alpha value is -1.06. The fraction of sp³-hybridized carbons (Fsp3) is 0.733. The number of hydrogen-bond donors (Lipinski definition) is 0.